The molecule has 0 aliphatic rings. The summed E-state index contributed by atoms with van der Waals surface area (Å²) in [5.74, 6) is 0.678. The highest BCUT2D eigenvalue weighted by Gasteiger charge is 2.19. The maximum atomic E-state index is 12.4. The third-order valence-electron chi connectivity index (χ3n) is 4.54. The molecule has 8 nitrogen and oxygen atoms in total. The fourth-order valence-electron chi connectivity index (χ4n) is 2.74. The number of allylic oxidation sites excluding steroid dienone is 1. The minimum atomic E-state index is -0.433. The Labute approximate surface area is 191 Å². The number of carbonyl (C=O) groups is 1. The minimum absolute atomic E-state index is 0.174. The first-order valence-electron chi connectivity index (χ1n) is 10.1. The highest BCUT2D eigenvalue weighted by molar-refractivity contribution is 8.00. The van der Waals surface area contributed by atoms with Crippen LogP contribution < -0.4 is 10.7 Å². The molecule has 9 heteroatoms. The van der Waals surface area contributed by atoms with Crippen molar-refractivity contribution in [3.8, 4) is 5.75 Å². The average molecular weight is 451 g/mol. The summed E-state index contributed by atoms with van der Waals surface area (Å²) < 4.78 is 1.93. The number of amides is 1. The number of hydrazone groups is 1. The van der Waals surface area contributed by atoms with Crippen LogP contribution in [0.4, 0.5) is 5.69 Å². The van der Waals surface area contributed by atoms with Crippen molar-refractivity contribution in [2.24, 2.45) is 5.10 Å². The number of rotatable bonds is 10. The van der Waals surface area contributed by atoms with E-state index < -0.39 is 5.25 Å². The van der Waals surface area contributed by atoms with E-state index in [0.717, 1.165) is 17.1 Å². The summed E-state index contributed by atoms with van der Waals surface area (Å²) >= 11 is 1.31. The van der Waals surface area contributed by atoms with E-state index in [1.807, 2.05) is 35.8 Å². The molecule has 0 bridgehead atoms. The fourth-order valence-corrected chi connectivity index (χ4v) is 3.61. The number of nitrogens with zero attached hydrogens (tertiary/aromatic N) is 4. The number of aromatic hydroxyl groups is 1. The highest BCUT2D eigenvalue weighted by atomic mass is 32.2. The Kier molecular flexibility index (Phi) is 8.04. The van der Waals surface area contributed by atoms with Crippen molar-refractivity contribution in [3.63, 3.8) is 0 Å². The Morgan fingerprint density at radius 1 is 1.22 bits per heavy atom. The van der Waals surface area contributed by atoms with Crippen molar-refractivity contribution < 1.29 is 9.90 Å². The Morgan fingerprint density at radius 2 is 1.94 bits per heavy atom. The molecule has 0 spiro atoms. The fraction of sp³-hybridized carbons (Fsp3) is 0.217. The molecule has 3 aromatic rings. The average Bonchev–Trinajstić information content (AvgIpc) is 3.16. The Balaban J connectivity index is 1.59. The first-order valence-corrected chi connectivity index (χ1v) is 11.0. The smallest absolute Gasteiger partial charge is 0.253 e. The summed E-state index contributed by atoms with van der Waals surface area (Å²) in [6, 6.07) is 14.6. The van der Waals surface area contributed by atoms with Crippen molar-refractivity contribution >= 4 is 29.6 Å². The number of aromatic nitrogens is 3. The van der Waals surface area contributed by atoms with E-state index in [0.29, 0.717) is 18.2 Å². The van der Waals surface area contributed by atoms with E-state index in [1.54, 1.807) is 37.3 Å². The first-order chi connectivity index (χ1) is 15.5. The normalized spacial score (nSPS) is 11.9. The van der Waals surface area contributed by atoms with Gasteiger partial charge >= 0.3 is 0 Å². The van der Waals surface area contributed by atoms with Crippen LogP contribution in [0.3, 0.4) is 0 Å². The number of hydrogen-bond donors (Lipinski definition) is 3. The van der Waals surface area contributed by atoms with Gasteiger partial charge in [0.05, 0.1) is 18.0 Å². The molecule has 0 aliphatic heterocycles. The molecule has 1 atom stereocenters. The molecule has 3 N–H and O–H groups in total. The maximum Gasteiger partial charge on any atom is 0.253 e. The van der Waals surface area contributed by atoms with Gasteiger partial charge in [-0.15, -0.1) is 16.8 Å². The van der Waals surface area contributed by atoms with Crippen LogP contribution in [0.5, 0.6) is 5.75 Å². The minimum Gasteiger partial charge on any atom is -0.508 e. The standard InChI is InChI=1S/C23H26N6O2S/c1-4-13-29-21(15-24-19-9-5-16(2)6-10-19)26-28-23(29)32-17(3)22(31)27-25-14-18-7-11-20(30)12-8-18/h4-12,14,17,24,30H,1,13,15H2,2-3H3,(H,27,31)/b25-14-/t17-/m0/s1. The second-order valence-corrected chi connectivity index (χ2v) is 8.41. The van der Waals surface area contributed by atoms with Gasteiger partial charge in [0.2, 0.25) is 0 Å². The van der Waals surface area contributed by atoms with Gasteiger partial charge in [-0.25, -0.2) is 5.43 Å². The third-order valence-corrected chi connectivity index (χ3v) is 5.62. The molecule has 1 heterocycles. The van der Waals surface area contributed by atoms with Crippen LogP contribution in [0.1, 0.15) is 23.9 Å². The molecule has 0 saturated heterocycles. The lowest BCUT2D eigenvalue weighted by Crippen LogP contribution is -2.27. The zero-order chi connectivity index (χ0) is 22.9. The van der Waals surface area contributed by atoms with Crippen LogP contribution in [-0.2, 0) is 17.9 Å². The Morgan fingerprint density at radius 3 is 2.62 bits per heavy atom. The van der Waals surface area contributed by atoms with Crippen molar-refractivity contribution in [1.29, 1.82) is 0 Å². The molecule has 32 heavy (non-hydrogen) atoms. The zero-order valence-electron chi connectivity index (χ0n) is 18.0. The molecule has 1 aromatic heterocycles. The number of thioether (sulfide) groups is 1. The van der Waals surface area contributed by atoms with Crippen LogP contribution in [0.25, 0.3) is 0 Å². The van der Waals surface area contributed by atoms with Crippen molar-refractivity contribution in [3.05, 3.63) is 78.1 Å². The van der Waals surface area contributed by atoms with E-state index in [9.17, 15) is 9.90 Å². The number of phenolic OH excluding ortho intramolecular Hbond substituents is 1. The van der Waals surface area contributed by atoms with E-state index in [4.69, 9.17) is 0 Å². The quantitative estimate of drug-likeness (QED) is 0.188. The molecule has 0 radical (unpaired) electrons. The summed E-state index contributed by atoms with van der Waals surface area (Å²) in [4.78, 5) is 12.4. The number of carbonyl (C=O) groups excluding carboxylic acids is 1. The molecular formula is C23H26N6O2S. The van der Waals surface area contributed by atoms with Gasteiger partial charge < -0.3 is 15.0 Å². The second kappa shape index (κ2) is 11.1. The predicted octanol–water partition coefficient (Wildman–Crippen LogP) is 3.72. The van der Waals surface area contributed by atoms with Gasteiger partial charge in [0, 0.05) is 12.2 Å². The van der Waals surface area contributed by atoms with E-state index in [1.165, 1.54) is 23.5 Å². The van der Waals surface area contributed by atoms with E-state index in [2.05, 4.69) is 32.6 Å². The summed E-state index contributed by atoms with van der Waals surface area (Å²) in [6.45, 7) is 8.68. The zero-order valence-corrected chi connectivity index (χ0v) is 18.8. The maximum absolute atomic E-state index is 12.4. The largest absolute Gasteiger partial charge is 0.508 e. The molecular weight excluding hydrogens is 424 g/mol. The topological polar surface area (TPSA) is 104 Å². The lowest BCUT2D eigenvalue weighted by Gasteiger charge is -2.12. The van der Waals surface area contributed by atoms with Gasteiger partial charge in [0.25, 0.3) is 5.91 Å². The van der Waals surface area contributed by atoms with Gasteiger partial charge in [-0.1, -0.05) is 35.5 Å². The summed E-state index contributed by atoms with van der Waals surface area (Å²) in [6.07, 6.45) is 3.29. The molecule has 0 saturated carbocycles. The molecule has 166 valence electrons. The van der Waals surface area contributed by atoms with Gasteiger partial charge in [-0.2, -0.15) is 5.10 Å². The van der Waals surface area contributed by atoms with Gasteiger partial charge in [0.15, 0.2) is 11.0 Å². The van der Waals surface area contributed by atoms with Crippen molar-refractivity contribution in [1.82, 2.24) is 20.2 Å². The van der Waals surface area contributed by atoms with Crippen molar-refractivity contribution in [2.75, 3.05) is 5.32 Å². The number of hydrogen-bond acceptors (Lipinski definition) is 7. The third kappa shape index (κ3) is 6.45. The predicted molar refractivity (Wildman–Crippen MR) is 128 cm³/mol. The summed E-state index contributed by atoms with van der Waals surface area (Å²) in [5, 5.41) is 25.4. The molecule has 2 aromatic carbocycles. The molecule has 0 fully saturated rings. The van der Waals surface area contributed by atoms with Gasteiger partial charge in [0.1, 0.15) is 5.75 Å². The van der Waals surface area contributed by atoms with Crippen LogP contribution in [0, 0.1) is 6.92 Å². The number of phenols is 1. The number of nitrogens with one attached hydrogen (secondary N) is 2. The second-order valence-electron chi connectivity index (χ2n) is 7.10. The molecule has 0 aliphatic carbocycles. The molecule has 3 rings (SSSR count). The summed E-state index contributed by atoms with van der Waals surface area (Å²) in [7, 11) is 0. The highest BCUT2D eigenvalue weighted by Crippen LogP contribution is 2.23. The van der Waals surface area contributed by atoms with Crippen LogP contribution in [-0.4, -0.2) is 37.2 Å². The van der Waals surface area contributed by atoms with Crippen molar-refractivity contribution in [2.45, 2.75) is 37.3 Å². The number of benzene rings is 2. The van der Waals surface area contributed by atoms with Crippen LogP contribution in [0.15, 0.2) is 71.4 Å². The lowest BCUT2D eigenvalue weighted by atomic mass is 10.2. The van der Waals surface area contributed by atoms with Crippen LogP contribution in [0.2, 0.25) is 0 Å². The van der Waals surface area contributed by atoms with E-state index >= 15 is 0 Å². The monoisotopic (exact) mass is 450 g/mol. The Bertz CT molecular complexity index is 1080. The first kappa shape index (κ1) is 23.1. The number of aryl methyl sites for hydroxylation is 1. The van der Waals surface area contributed by atoms with Gasteiger partial charge in [-0.05, 0) is 55.8 Å². The Hall–Kier alpha value is -3.59. The van der Waals surface area contributed by atoms with Gasteiger partial charge in [-0.3, -0.25) is 4.79 Å². The lowest BCUT2D eigenvalue weighted by molar-refractivity contribution is -0.120. The SMILES string of the molecule is C=CCn1c(CNc2ccc(C)cc2)nnc1S[C@@H](C)C(=O)N/N=C\c1ccc(O)cc1. The van der Waals surface area contributed by atoms with E-state index in [-0.39, 0.29) is 11.7 Å². The molecule has 1 amide bonds. The number of anilines is 1. The van der Waals surface area contributed by atoms with Crippen LogP contribution >= 0.6 is 11.8 Å². The summed E-state index contributed by atoms with van der Waals surface area (Å²) in [5.41, 5.74) is 5.49. The molecule has 0 unspecified atom stereocenters.